The first-order chi connectivity index (χ1) is 12.5. The molecule has 0 aromatic carbocycles. The number of hydrogen-bond acceptors (Lipinski definition) is 7. The van der Waals surface area contributed by atoms with Crippen LogP contribution in [0.2, 0.25) is 0 Å². The van der Waals surface area contributed by atoms with E-state index < -0.39 is 17.9 Å². The van der Waals surface area contributed by atoms with Gasteiger partial charge in [0.1, 0.15) is 6.07 Å². The summed E-state index contributed by atoms with van der Waals surface area (Å²) in [4.78, 5) is 24.8. The Hall–Kier alpha value is -2.25. The van der Waals surface area contributed by atoms with Gasteiger partial charge in [-0.25, -0.2) is 4.79 Å². The molecule has 140 valence electrons. The Labute approximate surface area is 158 Å². The number of methoxy groups -OCH3 is 1. The van der Waals surface area contributed by atoms with Crippen LogP contribution >= 0.6 is 11.8 Å². The molecule has 0 aromatic heterocycles. The molecule has 6 nitrogen and oxygen atoms in total. The van der Waals surface area contributed by atoms with E-state index in [-0.39, 0.29) is 12.2 Å². The largest absolute Gasteiger partial charge is 0.468 e. The maximum atomic E-state index is 12.2. The van der Waals surface area contributed by atoms with E-state index in [2.05, 4.69) is 0 Å². The van der Waals surface area contributed by atoms with Crippen LogP contribution in [0.25, 0.3) is 0 Å². The third-order valence-corrected chi connectivity index (χ3v) is 5.08. The van der Waals surface area contributed by atoms with Crippen LogP contribution in [0.15, 0.2) is 21.6 Å². The Morgan fingerprint density at radius 2 is 1.85 bits per heavy atom. The van der Waals surface area contributed by atoms with Crippen molar-refractivity contribution in [3.05, 3.63) is 21.6 Å². The highest BCUT2D eigenvalue weighted by molar-refractivity contribution is 8.02. The van der Waals surface area contributed by atoms with Crippen LogP contribution in [0.4, 0.5) is 0 Å². The number of hydrogen-bond donors (Lipinski definition) is 0. The van der Waals surface area contributed by atoms with E-state index in [0.29, 0.717) is 23.3 Å². The van der Waals surface area contributed by atoms with E-state index >= 15 is 0 Å². The molecule has 0 aliphatic heterocycles. The average molecular weight is 376 g/mol. The van der Waals surface area contributed by atoms with E-state index in [1.54, 1.807) is 13.2 Å². The molecular weight excluding hydrogens is 352 g/mol. The number of allylic oxidation sites excluding steroid dienone is 1. The monoisotopic (exact) mass is 376 g/mol. The molecule has 1 aliphatic carbocycles. The molecule has 0 saturated heterocycles. The van der Waals surface area contributed by atoms with Crippen molar-refractivity contribution in [3.63, 3.8) is 0 Å². The molecule has 1 atom stereocenters. The lowest BCUT2D eigenvalue weighted by Crippen LogP contribution is -2.20. The molecule has 0 heterocycles. The number of carbonyl (C=O) groups is 2. The highest BCUT2D eigenvalue weighted by atomic mass is 32.2. The molecule has 1 unspecified atom stereocenters. The molecule has 0 radical (unpaired) electrons. The first-order valence-electron chi connectivity index (χ1n) is 8.60. The van der Waals surface area contributed by atoms with Gasteiger partial charge in [-0.3, -0.25) is 4.79 Å². The van der Waals surface area contributed by atoms with Crippen molar-refractivity contribution < 1.29 is 19.1 Å². The molecule has 0 saturated carbocycles. The van der Waals surface area contributed by atoms with Gasteiger partial charge < -0.3 is 9.47 Å². The lowest BCUT2D eigenvalue weighted by Gasteiger charge is -2.22. The summed E-state index contributed by atoms with van der Waals surface area (Å²) in [7, 11) is 1.25. The van der Waals surface area contributed by atoms with Gasteiger partial charge in [0.25, 0.3) is 0 Å². The van der Waals surface area contributed by atoms with Crippen LogP contribution in [-0.2, 0) is 19.1 Å². The fourth-order valence-electron chi connectivity index (χ4n) is 3.02. The van der Waals surface area contributed by atoms with Gasteiger partial charge in [0, 0.05) is 4.91 Å². The summed E-state index contributed by atoms with van der Waals surface area (Å²) in [6.45, 7) is 1.84. The van der Waals surface area contributed by atoms with Gasteiger partial charge in [-0.2, -0.15) is 10.5 Å². The molecule has 0 amide bonds. The van der Waals surface area contributed by atoms with Crippen LogP contribution in [0.3, 0.4) is 0 Å². The zero-order valence-electron chi connectivity index (χ0n) is 15.5. The van der Waals surface area contributed by atoms with Crippen LogP contribution < -0.4 is 0 Å². The molecule has 0 fully saturated rings. The topological polar surface area (TPSA) is 100 Å². The number of esters is 2. The molecular formula is C19H24N2O4S. The zero-order valence-corrected chi connectivity index (χ0v) is 16.3. The Kier molecular flexibility index (Phi) is 9.54. The maximum absolute atomic E-state index is 12.2. The van der Waals surface area contributed by atoms with Crippen LogP contribution in [0, 0.1) is 28.6 Å². The quantitative estimate of drug-likeness (QED) is 0.396. The van der Waals surface area contributed by atoms with Gasteiger partial charge in [-0.15, -0.1) is 11.8 Å². The van der Waals surface area contributed by atoms with E-state index in [4.69, 9.17) is 9.47 Å². The van der Waals surface area contributed by atoms with Gasteiger partial charge in [0.15, 0.2) is 11.5 Å². The van der Waals surface area contributed by atoms with Crippen molar-refractivity contribution in [2.45, 2.75) is 45.4 Å². The lowest BCUT2D eigenvalue weighted by atomic mass is 9.85. The third-order valence-electron chi connectivity index (χ3n) is 4.22. The summed E-state index contributed by atoms with van der Waals surface area (Å²) in [6, 6.07) is 3.97. The zero-order chi connectivity index (χ0) is 19.5. The molecule has 7 heteroatoms. The SMILES string of the molecule is CCOC(=O)/C(C#N)=C(SC)/C1=C(\C(C#N)C(=O)OC)CCCCCC1. The lowest BCUT2D eigenvalue weighted by molar-refractivity contribution is -0.142. The molecule has 0 spiro atoms. The summed E-state index contributed by atoms with van der Waals surface area (Å²) in [6.07, 6.45) is 6.68. The van der Waals surface area contributed by atoms with Gasteiger partial charge >= 0.3 is 11.9 Å². The van der Waals surface area contributed by atoms with Crippen molar-refractivity contribution in [2.75, 3.05) is 20.0 Å². The first kappa shape index (κ1) is 21.8. The van der Waals surface area contributed by atoms with Gasteiger partial charge in [-0.1, -0.05) is 12.8 Å². The predicted molar refractivity (Wildman–Crippen MR) is 98.6 cm³/mol. The Morgan fingerprint density at radius 3 is 2.35 bits per heavy atom. The first-order valence-corrected chi connectivity index (χ1v) is 9.83. The Balaban J connectivity index is 3.63. The van der Waals surface area contributed by atoms with Crippen molar-refractivity contribution in [3.8, 4) is 12.1 Å². The summed E-state index contributed by atoms with van der Waals surface area (Å²) in [5.41, 5.74) is 1.31. The number of ether oxygens (including phenoxy) is 2. The van der Waals surface area contributed by atoms with Crippen molar-refractivity contribution in [1.29, 1.82) is 10.5 Å². The van der Waals surface area contributed by atoms with E-state index in [1.807, 2.05) is 12.1 Å². The maximum Gasteiger partial charge on any atom is 0.350 e. The molecule has 0 aromatic rings. The van der Waals surface area contributed by atoms with Crippen molar-refractivity contribution in [1.82, 2.24) is 0 Å². The van der Waals surface area contributed by atoms with Gasteiger partial charge in [0.05, 0.1) is 19.8 Å². The second-order valence-electron chi connectivity index (χ2n) is 5.74. The molecule has 26 heavy (non-hydrogen) atoms. The second kappa shape index (κ2) is 11.4. The van der Waals surface area contributed by atoms with Crippen LogP contribution in [-0.4, -0.2) is 31.9 Å². The van der Waals surface area contributed by atoms with Crippen molar-refractivity contribution >= 4 is 23.7 Å². The molecule has 0 N–H and O–H groups in total. The van der Waals surface area contributed by atoms with Crippen LogP contribution in [0.1, 0.15) is 45.4 Å². The van der Waals surface area contributed by atoms with Crippen LogP contribution in [0.5, 0.6) is 0 Å². The molecule has 0 bridgehead atoms. The highest BCUT2D eigenvalue weighted by Gasteiger charge is 2.30. The third kappa shape index (κ3) is 5.37. The normalized spacial score (nSPS) is 19.7. The van der Waals surface area contributed by atoms with Gasteiger partial charge in [0.2, 0.25) is 0 Å². The summed E-state index contributed by atoms with van der Waals surface area (Å²) in [5.74, 6) is -2.33. The Morgan fingerprint density at radius 1 is 1.19 bits per heavy atom. The Bertz CT molecular complexity index is 683. The predicted octanol–water partition coefficient (Wildman–Crippen LogP) is 3.65. The van der Waals surface area contributed by atoms with E-state index in [1.165, 1.54) is 18.9 Å². The van der Waals surface area contributed by atoms with Gasteiger partial charge in [-0.05, 0) is 50.0 Å². The number of nitriles is 2. The molecule has 1 rings (SSSR count). The summed E-state index contributed by atoms with van der Waals surface area (Å²) < 4.78 is 9.79. The number of carbonyl (C=O) groups excluding carboxylic acids is 2. The highest BCUT2D eigenvalue weighted by Crippen LogP contribution is 2.38. The molecule has 1 aliphatic rings. The fraction of sp³-hybridized carbons (Fsp3) is 0.579. The standard InChI is InChI=1S/C19H24N2O4S/c1-4-25-19(23)16(12-21)17(26-3)14-10-8-6-5-7-9-13(14)15(11-20)18(22)24-2/h15H,4-10H2,1-3H3/b14-13-,17-16-. The minimum absolute atomic E-state index is 0.0750. The summed E-state index contributed by atoms with van der Waals surface area (Å²) >= 11 is 1.27. The number of nitrogens with zero attached hydrogens (tertiary/aromatic N) is 2. The number of rotatable bonds is 6. The smallest absolute Gasteiger partial charge is 0.350 e. The number of thioether (sulfide) groups is 1. The minimum Gasteiger partial charge on any atom is -0.468 e. The van der Waals surface area contributed by atoms with E-state index in [0.717, 1.165) is 31.3 Å². The average Bonchev–Trinajstić information content (AvgIpc) is 2.62. The summed E-state index contributed by atoms with van der Waals surface area (Å²) in [5, 5.41) is 19.1. The fourth-order valence-corrected chi connectivity index (χ4v) is 3.83. The van der Waals surface area contributed by atoms with Crippen molar-refractivity contribution in [2.24, 2.45) is 5.92 Å². The minimum atomic E-state index is -1.03. The van der Waals surface area contributed by atoms with E-state index in [9.17, 15) is 20.1 Å². The second-order valence-corrected chi connectivity index (χ2v) is 6.56.